The quantitative estimate of drug-likeness (QED) is 0.668. The van der Waals surface area contributed by atoms with Gasteiger partial charge in [0.05, 0.1) is 13.2 Å². The van der Waals surface area contributed by atoms with Gasteiger partial charge in [-0.1, -0.05) is 6.92 Å². The summed E-state index contributed by atoms with van der Waals surface area (Å²) in [5, 5.41) is 0. The van der Waals surface area contributed by atoms with E-state index in [1.54, 1.807) is 14.2 Å². The van der Waals surface area contributed by atoms with Gasteiger partial charge in [-0.25, -0.2) is 0 Å². The standard InChI is InChI=1S/C13H27NO2/c1-12-4-6-13(7-5-12)14(8-10-15-2)9-11-16-3/h12-13H,4-11H2,1-3H3. The zero-order valence-electron chi connectivity index (χ0n) is 11.1. The molecule has 0 N–H and O–H groups in total. The van der Waals surface area contributed by atoms with Crippen LogP contribution in [0.1, 0.15) is 32.6 Å². The van der Waals surface area contributed by atoms with E-state index in [0.29, 0.717) is 0 Å². The molecule has 0 aromatic carbocycles. The molecule has 96 valence electrons. The second-order valence-electron chi connectivity index (χ2n) is 4.94. The number of ether oxygens (including phenoxy) is 2. The molecule has 3 heteroatoms. The molecule has 0 saturated heterocycles. The van der Waals surface area contributed by atoms with Crippen LogP contribution in [0.25, 0.3) is 0 Å². The highest BCUT2D eigenvalue weighted by Gasteiger charge is 2.23. The number of hydrogen-bond acceptors (Lipinski definition) is 3. The Hall–Kier alpha value is -0.120. The molecule has 1 saturated carbocycles. The van der Waals surface area contributed by atoms with Gasteiger partial charge in [0.25, 0.3) is 0 Å². The van der Waals surface area contributed by atoms with Crippen molar-refractivity contribution in [3.05, 3.63) is 0 Å². The molecule has 0 atom stereocenters. The first-order chi connectivity index (χ1) is 7.77. The van der Waals surface area contributed by atoms with Crippen molar-refractivity contribution in [2.75, 3.05) is 40.5 Å². The Bertz CT molecular complexity index is 159. The van der Waals surface area contributed by atoms with E-state index in [4.69, 9.17) is 9.47 Å². The van der Waals surface area contributed by atoms with Crippen LogP contribution >= 0.6 is 0 Å². The van der Waals surface area contributed by atoms with Gasteiger partial charge in [-0.2, -0.15) is 0 Å². The molecule has 0 radical (unpaired) electrons. The molecule has 1 fully saturated rings. The summed E-state index contributed by atoms with van der Waals surface area (Å²) in [5.41, 5.74) is 0. The predicted octanol–water partition coefficient (Wildman–Crippen LogP) is 2.16. The van der Waals surface area contributed by atoms with Crippen LogP contribution in [0, 0.1) is 5.92 Å². The Labute approximate surface area is 100 Å². The molecule has 0 spiro atoms. The maximum Gasteiger partial charge on any atom is 0.0589 e. The summed E-state index contributed by atoms with van der Waals surface area (Å²) >= 11 is 0. The van der Waals surface area contributed by atoms with Crippen LogP contribution in [0.2, 0.25) is 0 Å². The Kier molecular flexibility index (Phi) is 7.01. The number of hydrogen-bond donors (Lipinski definition) is 0. The molecule has 0 bridgehead atoms. The van der Waals surface area contributed by atoms with Crippen molar-refractivity contribution >= 4 is 0 Å². The monoisotopic (exact) mass is 229 g/mol. The van der Waals surface area contributed by atoms with Gasteiger partial charge >= 0.3 is 0 Å². The first-order valence-electron chi connectivity index (χ1n) is 6.49. The molecule has 0 unspecified atom stereocenters. The van der Waals surface area contributed by atoms with E-state index in [1.807, 2.05) is 0 Å². The summed E-state index contributed by atoms with van der Waals surface area (Å²) in [6, 6.07) is 0.751. The Balaban J connectivity index is 2.34. The van der Waals surface area contributed by atoms with Crippen molar-refractivity contribution in [2.45, 2.75) is 38.6 Å². The van der Waals surface area contributed by atoms with Crippen molar-refractivity contribution < 1.29 is 9.47 Å². The van der Waals surface area contributed by atoms with Crippen LogP contribution in [-0.2, 0) is 9.47 Å². The molecule has 0 aliphatic heterocycles. The van der Waals surface area contributed by atoms with Gasteiger partial charge in [0.1, 0.15) is 0 Å². The Morgan fingerprint density at radius 1 is 0.938 bits per heavy atom. The highest BCUT2D eigenvalue weighted by Crippen LogP contribution is 2.26. The average Bonchev–Trinajstić information content (AvgIpc) is 2.31. The Morgan fingerprint density at radius 3 is 1.88 bits per heavy atom. The lowest BCUT2D eigenvalue weighted by molar-refractivity contribution is 0.0684. The molecular formula is C13H27NO2. The highest BCUT2D eigenvalue weighted by molar-refractivity contribution is 4.78. The van der Waals surface area contributed by atoms with E-state index in [1.165, 1.54) is 25.7 Å². The summed E-state index contributed by atoms with van der Waals surface area (Å²) in [6.45, 7) is 6.11. The van der Waals surface area contributed by atoms with Crippen LogP contribution in [0.3, 0.4) is 0 Å². The summed E-state index contributed by atoms with van der Waals surface area (Å²) in [5.74, 6) is 0.919. The van der Waals surface area contributed by atoms with Gasteiger partial charge in [-0.05, 0) is 31.6 Å². The summed E-state index contributed by atoms with van der Waals surface area (Å²) in [6.07, 6.45) is 5.44. The van der Waals surface area contributed by atoms with E-state index < -0.39 is 0 Å². The topological polar surface area (TPSA) is 21.7 Å². The van der Waals surface area contributed by atoms with Gasteiger partial charge in [-0.3, -0.25) is 4.90 Å². The predicted molar refractivity (Wildman–Crippen MR) is 66.7 cm³/mol. The van der Waals surface area contributed by atoms with E-state index in [-0.39, 0.29) is 0 Å². The lowest BCUT2D eigenvalue weighted by Crippen LogP contribution is -2.41. The van der Waals surface area contributed by atoms with Crippen LogP contribution in [-0.4, -0.2) is 51.5 Å². The van der Waals surface area contributed by atoms with Crippen LogP contribution in [0.5, 0.6) is 0 Å². The zero-order valence-corrected chi connectivity index (χ0v) is 11.1. The summed E-state index contributed by atoms with van der Waals surface area (Å²) < 4.78 is 10.4. The maximum absolute atomic E-state index is 5.18. The lowest BCUT2D eigenvalue weighted by Gasteiger charge is -2.35. The molecule has 0 amide bonds. The van der Waals surface area contributed by atoms with Gasteiger partial charge in [0, 0.05) is 33.4 Å². The third-order valence-corrected chi connectivity index (χ3v) is 3.67. The minimum Gasteiger partial charge on any atom is -0.383 e. The van der Waals surface area contributed by atoms with E-state index in [9.17, 15) is 0 Å². The molecule has 16 heavy (non-hydrogen) atoms. The molecule has 3 nitrogen and oxygen atoms in total. The average molecular weight is 229 g/mol. The summed E-state index contributed by atoms with van der Waals surface area (Å²) in [4.78, 5) is 2.54. The molecule has 0 heterocycles. The third-order valence-electron chi connectivity index (χ3n) is 3.67. The second-order valence-corrected chi connectivity index (χ2v) is 4.94. The first kappa shape index (κ1) is 13.9. The van der Waals surface area contributed by atoms with E-state index >= 15 is 0 Å². The van der Waals surface area contributed by atoms with Crippen LogP contribution in [0.15, 0.2) is 0 Å². The van der Waals surface area contributed by atoms with Gasteiger partial charge in [0.15, 0.2) is 0 Å². The normalized spacial score (nSPS) is 26.2. The third kappa shape index (κ3) is 4.81. The largest absolute Gasteiger partial charge is 0.383 e. The fourth-order valence-electron chi connectivity index (χ4n) is 2.50. The van der Waals surface area contributed by atoms with Gasteiger partial charge < -0.3 is 9.47 Å². The van der Waals surface area contributed by atoms with Gasteiger partial charge in [0.2, 0.25) is 0 Å². The van der Waals surface area contributed by atoms with E-state index in [2.05, 4.69) is 11.8 Å². The first-order valence-corrected chi connectivity index (χ1v) is 6.49. The van der Waals surface area contributed by atoms with Crippen molar-refractivity contribution in [1.82, 2.24) is 4.90 Å². The molecule has 1 aliphatic rings. The summed E-state index contributed by atoms with van der Waals surface area (Å²) in [7, 11) is 3.55. The fraction of sp³-hybridized carbons (Fsp3) is 1.00. The second kappa shape index (κ2) is 8.04. The SMILES string of the molecule is COCCN(CCOC)C1CCC(C)CC1. The number of rotatable bonds is 7. The minimum atomic E-state index is 0.751. The number of nitrogens with zero attached hydrogens (tertiary/aromatic N) is 1. The lowest BCUT2D eigenvalue weighted by atomic mass is 9.86. The van der Waals surface area contributed by atoms with Gasteiger partial charge in [-0.15, -0.1) is 0 Å². The minimum absolute atomic E-state index is 0.751. The fourth-order valence-corrected chi connectivity index (χ4v) is 2.50. The van der Waals surface area contributed by atoms with E-state index in [0.717, 1.165) is 38.3 Å². The molecule has 0 aromatic rings. The van der Waals surface area contributed by atoms with Crippen molar-refractivity contribution in [1.29, 1.82) is 0 Å². The maximum atomic E-state index is 5.18. The smallest absolute Gasteiger partial charge is 0.0589 e. The molecular weight excluding hydrogens is 202 g/mol. The van der Waals surface area contributed by atoms with Crippen LogP contribution < -0.4 is 0 Å². The number of methoxy groups -OCH3 is 2. The molecule has 0 aromatic heterocycles. The molecule has 1 rings (SSSR count). The Morgan fingerprint density at radius 2 is 1.44 bits per heavy atom. The van der Waals surface area contributed by atoms with Crippen LogP contribution in [0.4, 0.5) is 0 Å². The zero-order chi connectivity index (χ0) is 11.8. The van der Waals surface area contributed by atoms with Crippen molar-refractivity contribution in [3.8, 4) is 0 Å². The van der Waals surface area contributed by atoms with Crippen molar-refractivity contribution in [3.63, 3.8) is 0 Å². The highest BCUT2D eigenvalue weighted by atomic mass is 16.5. The molecule has 1 aliphatic carbocycles. The van der Waals surface area contributed by atoms with Crippen molar-refractivity contribution in [2.24, 2.45) is 5.92 Å².